The van der Waals surface area contributed by atoms with Crippen molar-refractivity contribution in [3.63, 3.8) is 0 Å². The summed E-state index contributed by atoms with van der Waals surface area (Å²) in [6, 6.07) is 0. The van der Waals surface area contributed by atoms with Crippen molar-refractivity contribution >= 4 is 0 Å². The Kier molecular flexibility index (Phi) is 6.44. The lowest BCUT2D eigenvalue weighted by atomic mass is 10.1. The molecule has 21 heavy (non-hydrogen) atoms. The maximum Gasteiger partial charge on any atom is 0.186 e. The van der Waals surface area contributed by atoms with Crippen molar-refractivity contribution in [2.24, 2.45) is 0 Å². The lowest BCUT2D eigenvalue weighted by Crippen LogP contribution is -2.54. The van der Waals surface area contributed by atoms with Crippen molar-refractivity contribution in [1.29, 1.82) is 0 Å². The van der Waals surface area contributed by atoms with Gasteiger partial charge in [0.2, 0.25) is 0 Å². The fourth-order valence-corrected chi connectivity index (χ4v) is 2.73. The van der Waals surface area contributed by atoms with Crippen LogP contribution in [-0.2, 0) is 23.7 Å². The summed E-state index contributed by atoms with van der Waals surface area (Å²) >= 11 is 0. The lowest BCUT2D eigenvalue weighted by molar-refractivity contribution is -0.264. The molecule has 0 unspecified atom stereocenters. The predicted molar refractivity (Wildman–Crippen MR) is 79.1 cm³/mol. The van der Waals surface area contributed by atoms with Gasteiger partial charge in [-0.25, -0.2) is 0 Å². The number of hydrogen-bond donors (Lipinski definition) is 0. The first kappa shape index (κ1) is 17.2. The fourth-order valence-electron chi connectivity index (χ4n) is 2.73. The lowest BCUT2D eigenvalue weighted by Gasteiger charge is -2.37. The summed E-state index contributed by atoms with van der Waals surface area (Å²) in [6.07, 6.45) is 3.51. The van der Waals surface area contributed by atoms with Gasteiger partial charge in [0.15, 0.2) is 12.1 Å². The zero-order valence-corrected chi connectivity index (χ0v) is 13.8. The minimum Gasteiger partial charge on any atom is -0.370 e. The van der Waals surface area contributed by atoms with E-state index >= 15 is 0 Å². The van der Waals surface area contributed by atoms with Crippen molar-refractivity contribution in [1.82, 2.24) is 0 Å². The molecule has 0 aromatic rings. The summed E-state index contributed by atoms with van der Waals surface area (Å²) in [6.45, 7) is 10.0. The van der Waals surface area contributed by atoms with Gasteiger partial charge < -0.3 is 23.7 Å². The molecule has 124 valence electrons. The van der Waals surface area contributed by atoms with Crippen LogP contribution in [0.15, 0.2) is 0 Å². The van der Waals surface area contributed by atoms with Crippen LogP contribution < -0.4 is 0 Å². The van der Waals surface area contributed by atoms with Crippen LogP contribution in [0.3, 0.4) is 0 Å². The molecule has 0 aliphatic carbocycles. The summed E-state index contributed by atoms with van der Waals surface area (Å²) in [4.78, 5) is 0. The second-order valence-electron chi connectivity index (χ2n) is 6.25. The Morgan fingerprint density at radius 1 is 1.00 bits per heavy atom. The van der Waals surface area contributed by atoms with E-state index < -0.39 is 5.79 Å². The van der Waals surface area contributed by atoms with Gasteiger partial charge in [-0.1, -0.05) is 26.7 Å². The normalized spacial score (nSPS) is 34.9. The smallest absolute Gasteiger partial charge is 0.186 e. The molecule has 4 atom stereocenters. The molecule has 2 saturated heterocycles. The summed E-state index contributed by atoms with van der Waals surface area (Å²) in [5.41, 5.74) is 0. The average Bonchev–Trinajstić information content (AvgIpc) is 2.75. The van der Waals surface area contributed by atoms with Gasteiger partial charge in [0.1, 0.15) is 18.3 Å². The van der Waals surface area contributed by atoms with Gasteiger partial charge in [-0.3, -0.25) is 0 Å². The maximum absolute atomic E-state index is 6.03. The predicted octanol–water partition coefficient (Wildman–Crippen LogP) is 2.86. The Morgan fingerprint density at radius 3 is 2.33 bits per heavy atom. The first-order chi connectivity index (χ1) is 10.1. The number of hydrogen-bond acceptors (Lipinski definition) is 5. The van der Waals surface area contributed by atoms with Gasteiger partial charge in [0.05, 0.1) is 6.61 Å². The number of rotatable bonds is 8. The zero-order chi connectivity index (χ0) is 15.3. The minimum atomic E-state index is -0.580. The summed E-state index contributed by atoms with van der Waals surface area (Å²) in [5.74, 6) is -0.580. The van der Waals surface area contributed by atoms with Crippen molar-refractivity contribution in [3.8, 4) is 0 Å². The molecule has 0 saturated carbocycles. The molecular formula is C16H30O5. The summed E-state index contributed by atoms with van der Waals surface area (Å²) in [5, 5.41) is 0. The quantitative estimate of drug-likeness (QED) is 0.645. The Morgan fingerprint density at radius 2 is 1.67 bits per heavy atom. The van der Waals surface area contributed by atoms with Crippen molar-refractivity contribution in [3.05, 3.63) is 0 Å². The van der Waals surface area contributed by atoms with Crippen molar-refractivity contribution in [2.45, 2.75) is 83.8 Å². The van der Waals surface area contributed by atoms with Crippen LogP contribution >= 0.6 is 0 Å². The van der Waals surface area contributed by atoms with Gasteiger partial charge in [-0.05, 0) is 26.7 Å². The van der Waals surface area contributed by atoms with E-state index in [9.17, 15) is 0 Å². The molecule has 0 radical (unpaired) electrons. The third kappa shape index (κ3) is 4.63. The first-order valence-corrected chi connectivity index (χ1v) is 8.28. The highest BCUT2D eigenvalue weighted by Crippen LogP contribution is 2.36. The zero-order valence-electron chi connectivity index (χ0n) is 13.8. The Hall–Kier alpha value is -0.200. The molecule has 2 fully saturated rings. The van der Waals surface area contributed by atoms with E-state index in [4.69, 9.17) is 23.7 Å². The van der Waals surface area contributed by atoms with Gasteiger partial charge in [-0.15, -0.1) is 0 Å². The minimum absolute atomic E-state index is 0.0716. The van der Waals surface area contributed by atoms with Crippen LogP contribution in [0.25, 0.3) is 0 Å². The van der Waals surface area contributed by atoms with E-state index in [-0.39, 0.29) is 24.6 Å². The monoisotopic (exact) mass is 302 g/mol. The van der Waals surface area contributed by atoms with E-state index in [0.29, 0.717) is 19.8 Å². The van der Waals surface area contributed by atoms with E-state index in [1.54, 1.807) is 0 Å². The molecule has 0 N–H and O–H groups in total. The second kappa shape index (κ2) is 7.88. The fraction of sp³-hybridized carbons (Fsp3) is 1.00. The number of ether oxygens (including phenoxy) is 5. The van der Waals surface area contributed by atoms with Crippen LogP contribution in [0, 0.1) is 0 Å². The standard InChI is InChI=1S/C16H30O5/c1-5-7-9-17-14-13-12(20-16(3,4)21-13)11-19-15(14)18-10-8-6-2/h12-15H,5-11H2,1-4H3/t12-,13-,14+,15-/m1/s1. The molecule has 2 heterocycles. The number of fused-ring (bicyclic) bond motifs is 1. The highest BCUT2D eigenvalue weighted by molar-refractivity contribution is 4.92. The maximum atomic E-state index is 6.03. The molecular weight excluding hydrogens is 272 g/mol. The van der Waals surface area contributed by atoms with Gasteiger partial charge >= 0.3 is 0 Å². The van der Waals surface area contributed by atoms with Gasteiger partial charge in [-0.2, -0.15) is 0 Å². The molecule has 2 aliphatic rings. The first-order valence-electron chi connectivity index (χ1n) is 8.28. The van der Waals surface area contributed by atoms with Crippen LogP contribution in [0.4, 0.5) is 0 Å². The van der Waals surface area contributed by atoms with Crippen molar-refractivity contribution < 1.29 is 23.7 Å². The molecule has 0 amide bonds. The molecule has 5 heteroatoms. The molecule has 0 aromatic carbocycles. The molecule has 0 aromatic heterocycles. The largest absolute Gasteiger partial charge is 0.370 e. The Balaban J connectivity index is 1.96. The van der Waals surface area contributed by atoms with Crippen LogP contribution in [-0.4, -0.2) is 50.2 Å². The number of unbranched alkanes of at least 4 members (excludes halogenated alkanes) is 2. The van der Waals surface area contributed by atoms with E-state index in [1.165, 1.54) is 0 Å². The van der Waals surface area contributed by atoms with E-state index in [0.717, 1.165) is 25.7 Å². The highest BCUT2D eigenvalue weighted by atomic mass is 16.8. The molecule has 5 nitrogen and oxygen atoms in total. The SMILES string of the molecule is CCCCO[C@@H]1OC[C@H]2OC(C)(C)O[C@H]2[C@@H]1OCCCC. The van der Waals surface area contributed by atoms with Gasteiger partial charge in [0.25, 0.3) is 0 Å². The Bertz CT molecular complexity index is 307. The summed E-state index contributed by atoms with van der Waals surface area (Å²) in [7, 11) is 0. The van der Waals surface area contributed by atoms with Gasteiger partial charge in [0, 0.05) is 13.2 Å². The summed E-state index contributed by atoms with van der Waals surface area (Å²) < 4.78 is 29.6. The van der Waals surface area contributed by atoms with E-state index in [1.807, 2.05) is 13.8 Å². The topological polar surface area (TPSA) is 46.2 Å². The van der Waals surface area contributed by atoms with Crippen LogP contribution in [0.5, 0.6) is 0 Å². The second-order valence-corrected chi connectivity index (χ2v) is 6.25. The third-order valence-electron chi connectivity index (χ3n) is 3.83. The van der Waals surface area contributed by atoms with Crippen LogP contribution in [0.2, 0.25) is 0 Å². The molecule has 0 bridgehead atoms. The molecule has 2 aliphatic heterocycles. The third-order valence-corrected chi connectivity index (χ3v) is 3.83. The Labute approximate surface area is 128 Å². The van der Waals surface area contributed by atoms with Crippen LogP contribution in [0.1, 0.15) is 53.4 Å². The molecule has 2 rings (SSSR count). The van der Waals surface area contributed by atoms with E-state index in [2.05, 4.69) is 13.8 Å². The van der Waals surface area contributed by atoms with Crippen molar-refractivity contribution in [2.75, 3.05) is 19.8 Å². The molecule has 0 spiro atoms. The highest BCUT2D eigenvalue weighted by Gasteiger charge is 2.52. The average molecular weight is 302 g/mol.